The lowest BCUT2D eigenvalue weighted by Crippen LogP contribution is -2.46. The number of carbonyl (C=O) groups excluding carboxylic acids is 1. The van der Waals surface area contributed by atoms with Gasteiger partial charge in [0.25, 0.3) is 0 Å². The molecule has 2 saturated carbocycles. The van der Waals surface area contributed by atoms with Crippen molar-refractivity contribution < 1.29 is 31.6 Å². The number of aliphatic hydroxyl groups is 1. The maximum atomic E-state index is 14.6. The molecular weight excluding hydrogens is 425 g/mol. The molecule has 2 fully saturated rings. The van der Waals surface area contributed by atoms with E-state index in [1.165, 1.54) is 7.11 Å². The Kier molecular flexibility index (Phi) is 5.70. The minimum absolute atomic E-state index is 0.0345. The first kappa shape index (κ1) is 22.3. The lowest BCUT2D eigenvalue weighted by molar-refractivity contribution is -0.117. The summed E-state index contributed by atoms with van der Waals surface area (Å²) in [4.78, 5) is 11.1. The van der Waals surface area contributed by atoms with Gasteiger partial charge in [0.15, 0.2) is 11.5 Å². The summed E-state index contributed by atoms with van der Waals surface area (Å²) in [6.45, 7) is 3.14. The number of aliphatic hydroxyl groups excluding tert-OH is 1. The van der Waals surface area contributed by atoms with E-state index >= 15 is 0 Å². The van der Waals surface area contributed by atoms with Crippen LogP contribution in [0, 0.1) is 17.3 Å². The zero-order valence-electron chi connectivity index (χ0n) is 18.1. The SMILES string of the molecule is CCC12CCC3c4cc(OC)c(OS(=O)(=O)NC(C)=O)cc4CCC3C1CC(F)C2O. The van der Waals surface area contributed by atoms with Crippen molar-refractivity contribution in [3.63, 3.8) is 0 Å². The number of ether oxygens (including phenoxy) is 1. The van der Waals surface area contributed by atoms with Crippen molar-refractivity contribution in [3.8, 4) is 11.5 Å². The van der Waals surface area contributed by atoms with Gasteiger partial charge in [-0.25, -0.2) is 9.11 Å². The summed E-state index contributed by atoms with van der Waals surface area (Å²) >= 11 is 0. The van der Waals surface area contributed by atoms with E-state index < -0.39 is 28.5 Å². The van der Waals surface area contributed by atoms with Crippen molar-refractivity contribution in [2.24, 2.45) is 17.3 Å². The quantitative estimate of drug-likeness (QED) is 0.708. The van der Waals surface area contributed by atoms with Crippen LogP contribution in [-0.2, 0) is 21.5 Å². The fraction of sp³-hybridized carbons (Fsp3) is 0.682. The molecule has 1 aromatic rings. The Morgan fingerprint density at radius 2 is 2.06 bits per heavy atom. The van der Waals surface area contributed by atoms with Crippen molar-refractivity contribution in [1.82, 2.24) is 4.72 Å². The number of benzene rings is 1. The van der Waals surface area contributed by atoms with E-state index in [1.807, 2.05) is 13.0 Å². The van der Waals surface area contributed by atoms with Gasteiger partial charge < -0.3 is 14.0 Å². The molecule has 0 aromatic heterocycles. The van der Waals surface area contributed by atoms with Gasteiger partial charge in [-0.05, 0) is 79.5 Å². The third kappa shape index (κ3) is 3.69. The fourth-order valence-corrected chi connectivity index (χ4v) is 7.28. The molecule has 0 saturated heterocycles. The Hall–Kier alpha value is -1.87. The van der Waals surface area contributed by atoms with E-state index in [-0.39, 0.29) is 34.7 Å². The first-order valence-corrected chi connectivity index (χ1v) is 12.3. The molecule has 3 aliphatic rings. The number of methoxy groups -OCH3 is 1. The zero-order valence-corrected chi connectivity index (χ0v) is 18.9. The van der Waals surface area contributed by atoms with Crippen LogP contribution in [0.4, 0.5) is 4.39 Å². The molecule has 2 N–H and O–H groups in total. The smallest absolute Gasteiger partial charge is 0.409 e. The molecule has 6 atom stereocenters. The predicted octanol–water partition coefficient (Wildman–Crippen LogP) is 3.01. The first-order valence-electron chi connectivity index (χ1n) is 10.9. The molecule has 9 heteroatoms. The second-order valence-corrected chi connectivity index (χ2v) is 10.4. The Morgan fingerprint density at radius 3 is 2.71 bits per heavy atom. The van der Waals surface area contributed by atoms with Gasteiger partial charge in [0.1, 0.15) is 6.17 Å². The third-order valence-electron chi connectivity index (χ3n) is 7.80. The molecule has 3 aliphatic carbocycles. The average Bonchev–Trinajstić information content (AvgIpc) is 2.97. The van der Waals surface area contributed by atoms with Gasteiger partial charge in [-0.1, -0.05) is 6.92 Å². The number of alkyl halides is 1. The van der Waals surface area contributed by atoms with Gasteiger partial charge in [0.05, 0.1) is 13.2 Å². The van der Waals surface area contributed by atoms with Crippen LogP contribution >= 0.6 is 0 Å². The average molecular weight is 456 g/mol. The number of rotatable bonds is 5. The lowest BCUT2D eigenvalue weighted by atomic mass is 9.54. The fourth-order valence-electron chi connectivity index (χ4n) is 6.52. The van der Waals surface area contributed by atoms with Crippen LogP contribution in [0.5, 0.6) is 11.5 Å². The summed E-state index contributed by atoms with van der Waals surface area (Å²) < 4.78 is 51.0. The Bertz CT molecular complexity index is 982. The van der Waals surface area contributed by atoms with Crippen LogP contribution in [0.15, 0.2) is 12.1 Å². The maximum Gasteiger partial charge on any atom is 0.409 e. The van der Waals surface area contributed by atoms with Crippen molar-refractivity contribution in [1.29, 1.82) is 0 Å². The molecule has 0 aliphatic heterocycles. The number of hydrogen-bond donors (Lipinski definition) is 2. The maximum absolute atomic E-state index is 14.6. The Morgan fingerprint density at radius 1 is 1.32 bits per heavy atom. The van der Waals surface area contributed by atoms with Crippen molar-refractivity contribution in [3.05, 3.63) is 23.3 Å². The molecule has 31 heavy (non-hydrogen) atoms. The van der Waals surface area contributed by atoms with Gasteiger partial charge >= 0.3 is 10.3 Å². The van der Waals surface area contributed by atoms with Crippen LogP contribution < -0.4 is 13.6 Å². The van der Waals surface area contributed by atoms with E-state index in [1.54, 1.807) is 10.8 Å². The number of carbonyl (C=O) groups is 1. The first-order chi connectivity index (χ1) is 14.6. The van der Waals surface area contributed by atoms with Crippen LogP contribution in [0.2, 0.25) is 0 Å². The van der Waals surface area contributed by atoms with E-state index in [0.29, 0.717) is 12.8 Å². The Balaban J connectivity index is 1.67. The number of aryl methyl sites for hydroxylation is 1. The Labute approximate surface area is 182 Å². The van der Waals surface area contributed by atoms with Crippen molar-refractivity contribution in [2.45, 2.75) is 70.6 Å². The van der Waals surface area contributed by atoms with E-state index in [2.05, 4.69) is 0 Å². The third-order valence-corrected chi connectivity index (χ3v) is 8.74. The van der Waals surface area contributed by atoms with Crippen molar-refractivity contribution in [2.75, 3.05) is 7.11 Å². The topological polar surface area (TPSA) is 102 Å². The molecule has 0 spiro atoms. The lowest BCUT2D eigenvalue weighted by Gasteiger charge is -2.51. The number of nitrogens with one attached hydrogen (secondary N) is 1. The van der Waals surface area contributed by atoms with Crippen molar-refractivity contribution >= 4 is 16.2 Å². The van der Waals surface area contributed by atoms with Gasteiger partial charge in [0.2, 0.25) is 5.91 Å². The highest BCUT2D eigenvalue weighted by Crippen LogP contribution is 2.63. The highest BCUT2D eigenvalue weighted by Gasteiger charge is 2.59. The summed E-state index contributed by atoms with van der Waals surface area (Å²) in [5.74, 6) is 0.183. The second-order valence-electron chi connectivity index (χ2n) is 9.14. The summed E-state index contributed by atoms with van der Waals surface area (Å²) in [6.07, 6.45) is 2.29. The minimum Gasteiger partial charge on any atom is -0.493 e. The number of fused-ring (bicyclic) bond motifs is 5. The zero-order chi connectivity index (χ0) is 22.6. The minimum atomic E-state index is -4.30. The summed E-state index contributed by atoms with van der Waals surface area (Å²) in [6, 6.07) is 3.49. The van der Waals surface area contributed by atoms with E-state index in [9.17, 15) is 22.7 Å². The second kappa shape index (κ2) is 7.92. The highest BCUT2D eigenvalue weighted by atomic mass is 32.2. The van der Waals surface area contributed by atoms with Gasteiger partial charge in [-0.2, -0.15) is 8.42 Å². The van der Waals surface area contributed by atoms with Crippen LogP contribution in [0.3, 0.4) is 0 Å². The summed E-state index contributed by atoms with van der Waals surface area (Å²) in [7, 11) is -2.87. The molecule has 0 radical (unpaired) electrons. The van der Waals surface area contributed by atoms with Gasteiger partial charge in [-0.15, -0.1) is 0 Å². The normalized spacial score (nSPS) is 34.3. The van der Waals surface area contributed by atoms with Crippen LogP contribution in [0.25, 0.3) is 0 Å². The molecular formula is C22H30FNO6S. The predicted molar refractivity (Wildman–Crippen MR) is 112 cm³/mol. The van der Waals surface area contributed by atoms with E-state index in [4.69, 9.17) is 8.92 Å². The molecule has 1 aromatic carbocycles. The number of hydrogen-bond acceptors (Lipinski definition) is 6. The molecule has 0 bridgehead atoms. The van der Waals surface area contributed by atoms with Gasteiger partial charge in [-0.3, -0.25) is 4.79 Å². The number of amides is 1. The molecule has 7 nitrogen and oxygen atoms in total. The van der Waals surface area contributed by atoms with Gasteiger partial charge in [0, 0.05) is 12.3 Å². The molecule has 1 amide bonds. The molecule has 6 unspecified atom stereocenters. The molecule has 0 heterocycles. The molecule has 172 valence electrons. The number of halogens is 1. The highest BCUT2D eigenvalue weighted by molar-refractivity contribution is 7.85. The summed E-state index contributed by atoms with van der Waals surface area (Å²) in [5, 5.41) is 10.6. The molecule has 4 rings (SSSR count). The standard InChI is InChI=1S/C22H30FNO6S/c1-4-22-8-7-14-15(17(22)11-18(23)21(22)26)6-5-13-9-20(19(29-3)10-16(13)14)30-31(27,28)24-12(2)25/h9-10,14-15,17-18,21,26H,4-8,11H2,1-3H3,(H,24,25). The summed E-state index contributed by atoms with van der Waals surface area (Å²) in [5.41, 5.74) is 1.71. The van der Waals surface area contributed by atoms with E-state index in [0.717, 1.165) is 43.7 Å². The van der Waals surface area contributed by atoms with Crippen LogP contribution in [0.1, 0.15) is 63.0 Å². The largest absolute Gasteiger partial charge is 0.493 e. The van der Waals surface area contributed by atoms with Crippen LogP contribution in [-0.4, -0.2) is 38.8 Å². The monoisotopic (exact) mass is 455 g/mol.